The first kappa shape index (κ1) is 31.1. The first-order valence-corrected chi connectivity index (χ1v) is 15.1. The number of rotatable bonds is 9. The van der Waals surface area contributed by atoms with E-state index in [1.54, 1.807) is 17.2 Å². The quantitative estimate of drug-likeness (QED) is 0.400. The molecular formula is C29H38Cl2N8O4. The van der Waals surface area contributed by atoms with Crippen LogP contribution in [0.25, 0.3) is 0 Å². The van der Waals surface area contributed by atoms with E-state index in [1.165, 1.54) is 25.2 Å². The molecule has 43 heavy (non-hydrogen) atoms. The van der Waals surface area contributed by atoms with Crippen molar-refractivity contribution in [3.8, 4) is 11.5 Å². The second-order valence-corrected chi connectivity index (χ2v) is 11.7. The Morgan fingerprint density at radius 1 is 1.14 bits per heavy atom. The average Bonchev–Trinajstić information content (AvgIpc) is 3.39. The predicted molar refractivity (Wildman–Crippen MR) is 168 cm³/mol. The van der Waals surface area contributed by atoms with Gasteiger partial charge in [-0.3, -0.25) is 19.5 Å². The van der Waals surface area contributed by atoms with Gasteiger partial charge in [-0.15, -0.1) is 0 Å². The zero-order valence-electron chi connectivity index (χ0n) is 24.9. The third kappa shape index (κ3) is 6.19. The monoisotopic (exact) mass is 632 g/mol. The average molecular weight is 634 g/mol. The van der Waals surface area contributed by atoms with Gasteiger partial charge >= 0.3 is 6.03 Å². The van der Waals surface area contributed by atoms with Crippen molar-refractivity contribution in [2.24, 2.45) is 0 Å². The molecule has 0 radical (unpaired) electrons. The number of fused-ring (bicyclic) bond motifs is 1. The lowest BCUT2D eigenvalue weighted by Gasteiger charge is -2.36. The first-order chi connectivity index (χ1) is 20.7. The highest BCUT2D eigenvalue weighted by molar-refractivity contribution is 6.42. The van der Waals surface area contributed by atoms with Crippen LogP contribution >= 0.6 is 23.2 Å². The molecule has 1 aromatic carbocycles. The Hall–Kier alpha value is -3.32. The Balaban J connectivity index is 1.41. The molecule has 3 aliphatic rings. The number of nitrogens with zero attached hydrogens (tertiary/aromatic N) is 6. The van der Waals surface area contributed by atoms with Crippen LogP contribution < -0.4 is 29.9 Å². The van der Waals surface area contributed by atoms with Crippen molar-refractivity contribution in [1.82, 2.24) is 25.1 Å². The van der Waals surface area contributed by atoms with Crippen LogP contribution in [-0.2, 0) is 11.3 Å². The van der Waals surface area contributed by atoms with E-state index >= 15 is 0 Å². The van der Waals surface area contributed by atoms with Crippen molar-refractivity contribution in [1.29, 1.82) is 0 Å². The summed E-state index contributed by atoms with van der Waals surface area (Å²) < 4.78 is 10.8. The summed E-state index contributed by atoms with van der Waals surface area (Å²) in [4.78, 5) is 43.3. The maximum Gasteiger partial charge on any atom is 0.330 e. The molecule has 0 bridgehead atoms. The van der Waals surface area contributed by atoms with E-state index in [-0.39, 0.29) is 46.3 Å². The number of hydrogen-bond donors (Lipinski definition) is 2. The normalized spacial score (nSPS) is 21.5. The van der Waals surface area contributed by atoms with E-state index in [4.69, 9.17) is 37.7 Å². The van der Waals surface area contributed by atoms with Crippen LogP contribution in [0.2, 0.25) is 10.0 Å². The number of methoxy groups -OCH3 is 2. The molecule has 2 fully saturated rings. The number of ether oxygens (including phenoxy) is 2. The molecule has 0 aliphatic carbocycles. The molecule has 2 saturated heterocycles. The Morgan fingerprint density at radius 2 is 1.79 bits per heavy atom. The lowest BCUT2D eigenvalue weighted by atomic mass is 10.0. The topological polar surface area (TPSA) is 115 Å². The molecule has 0 saturated carbocycles. The van der Waals surface area contributed by atoms with Crippen LogP contribution in [-0.4, -0.2) is 104 Å². The van der Waals surface area contributed by atoms with Crippen LogP contribution in [0, 0.1) is 0 Å². The van der Waals surface area contributed by atoms with Crippen molar-refractivity contribution < 1.29 is 19.1 Å². The van der Waals surface area contributed by atoms with Crippen molar-refractivity contribution in [2.75, 3.05) is 69.1 Å². The summed E-state index contributed by atoms with van der Waals surface area (Å²) in [6.07, 6.45) is 5.15. The van der Waals surface area contributed by atoms with Crippen LogP contribution in [0.1, 0.15) is 25.3 Å². The van der Waals surface area contributed by atoms with Gasteiger partial charge in [-0.2, -0.15) is 4.98 Å². The molecule has 3 amide bonds. The number of carbonyl (C=O) groups excluding carboxylic acids is 2. The number of piperidine rings is 1. The smallest absolute Gasteiger partial charge is 0.330 e. The number of halogens is 2. The number of amides is 3. The number of benzene rings is 1. The summed E-state index contributed by atoms with van der Waals surface area (Å²) in [5, 5.41) is 6.92. The molecule has 3 aliphatic heterocycles. The molecule has 232 valence electrons. The molecule has 14 heteroatoms. The first-order valence-electron chi connectivity index (χ1n) is 14.4. The second kappa shape index (κ2) is 13.1. The van der Waals surface area contributed by atoms with E-state index in [9.17, 15) is 9.59 Å². The summed E-state index contributed by atoms with van der Waals surface area (Å²) in [6.45, 7) is 9.52. The molecule has 2 aromatic rings. The van der Waals surface area contributed by atoms with Crippen molar-refractivity contribution in [2.45, 2.75) is 44.4 Å². The summed E-state index contributed by atoms with van der Waals surface area (Å²) >= 11 is 13.3. The van der Waals surface area contributed by atoms with Gasteiger partial charge in [-0.05, 0) is 46.0 Å². The number of hydrogen-bond acceptors (Lipinski definition) is 9. The molecule has 2 atom stereocenters. The molecule has 1 aromatic heterocycles. The van der Waals surface area contributed by atoms with Gasteiger partial charge in [0.05, 0.1) is 38.5 Å². The van der Waals surface area contributed by atoms with Gasteiger partial charge in [0.25, 0.3) is 0 Å². The number of anilines is 3. The van der Waals surface area contributed by atoms with Crippen LogP contribution in [0.5, 0.6) is 11.5 Å². The van der Waals surface area contributed by atoms with Gasteiger partial charge < -0.3 is 25.0 Å². The van der Waals surface area contributed by atoms with Crippen LogP contribution in [0.3, 0.4) is 0 Å². The van der Waals surface area contributed by atoms with Gasteiger partial charge in [0.1, 0.15) is 27.4 Å². The van der Waals surface area contributed by atoms with Gasteiger partial charge in [0.15, 0.2) is 0 Å². The van der Waals surface area contributed by atoms with Crippen molar-refractivity contribution in [3.05, 3.63) is 40.5 Å². The zero-order chi connectivity index (χ0) is 30.8. The zero-order valence-corrected chi connectivity index (χ0v) is 26.4. The third-order valence-corrected chi connectivity index (χ3v) is 9.13. The number of aromatic nitrogens is 2. The summed E-state index contributed by atoms with van der Waals surface area (Å²) in [5.74, 6) is 1.33. The van der Waals surface area contributed by atoms with Gasteiger partial charge in [0.2, 0.25) is 11.9 Å². The highest BCUT2D eigenvalue weighted by atomic mass is 35.5. The number of carbonyl (C=O) groups is 2. The maximum absolute atomic E-state index is 13.8. The van der Waals surface area contributed by atoms with E-state index in [2.05, 4.69) is 39.0 Å². The number of nitrogens with one attached hydrogen (secondary N) is 2. The molecule has 0 spiro atoms. The minimum Gasteiger partial charge on any atom is -0.495 e. The van der Waals surface area contributed by atoms with Crippen molar-refractivity contribution >= 4 is 52.6 Å². The lowest BCUT2D eigenvalue weighted by Crippen LogP contribution is -2.48. The third-order valence-electron chi connectivity index (χ3n) is 8.40. The minimum atomic E-state index is -0.343. The van der Waals surface area contributed by atoms with E-state index in [0.717, 1.165) is 44.6 Å². The molecule has 2 N–H and O–H groups in total. The highest BCUT2D eigenvalue weighted by Crippen LogP contribution is 2.48. The highest BCUT2D eigenvalue weighted by Gasteiger charge is 2.39. The van der Waals surface area contributed by atoms with E-state index in [1.807, 2.05) is 6.92 Å². The van der Waals surface area contributed by atoms with Gasteiger partial charge in [-0.1, -0.05) is 29.8 Å². The molecule has 12 nitrogen and oxygen atoms in total. The Bertz CT molecular complexity index is 1360. The molecule has 4 heterocycles. The summed E-state index contributed by atoms with van der Waals surface area (Å²) in [5.41, 5.74) is 1.01. The fraction of sp³-hybridized carbons (Fsp3) is 0.517. The van der Waals surface area contributed by atoms with E-state index in [0.29, 0.717) is 35.9 Å². The van der Waals surface area contributed by atoms with Crippen LogP contribution in [0.15, 0.2) is 24.9 Å². The number of likely N-dealkylation sites (tertiary alicyclic amines) is 2. The largest absolute Gasteiger partial charge is 0.495 e. The Kier molecular flexibility index (Phi) is 9.50. The Labute approximate surface area is 261 Å². The SMILES string of the molecule is C=CC(=O)NC1CN(C2CCN(C)CC2)CC1Nc1ncc2c(n1)N(CC)C(=O)N(c1c(Cl)c(OC)cc(OC)c1Cl)C2. The van der Waals surface area contributed by atoms with Crippen molar-refractivity contribution in [3.63, 3.8) is 0 Å². The Morgan fingerprint density at radius 3 is 2.40 bits per heavy atom. The fourth-order valence-electron chi connectivity index (χ4n) is 6.05. The number of urea groups is 1. The van der Waals surface area contributed by atoms with Gasteiger partial charge in [-0.25, -0.2) is 9.78 Å². The molecule has 5 rings (SSSR count). The lowest BCUT2D eigenvalue weighted by molar-refractivity contribution is -0.117. The molecular weight excluding hydrogens is 595 g/mol. The molecule has 2 unspecified atom stereocenters. The fourth-order valence-corrected chi connectivity index (χ4v) is 6.75. The summed E-state index contributed by atoms with van der Waals surface area (Å²) in [6, 6.07) is 1.40. The maximum atomic E-state index is 13.8. The van der Waals surface area contributed by atoms with Gasteiger partial charge in [0, 0.05) is 43.5 Å². The summed E-state index contributed by atoms with van der Waals surface area (Å²) in [7, 11) is 5.11. The predicted octanol–water partition coefficient (Wildman–Crippen LogP) is 3.63. The van der Waals surface area contributed by atoms with E-state index < -0.39 is 0 Å². The van der Waals surface area contributed by atoms with Crippen LogP contribution in [0.4, 0.5) is 22.2 Å². The second-order valence-electron chi connectivity index (χ2n) is 11.0. The standard InChI is InChI=1S/C29H38Cl2N8O4/c1-6-23(40)33-19-15-37(18-8-10-36(3)11-9-18)16-20(19)34-28-32-13-17-14-39(29(41)38(7-2)27(17)35-28)26-24(30)21(42-4)12-22(43-5)25(26)31/h6,12-13,18-20H,1,7-11,14-16H2,2-5H3,(H,33,40)(H,32,34,35). The minimum absolute atomic E-state index is 0.130.